The Bertz CT molecular complexity index is 787. The summed E-state index contributed by atoms with van der Waals surface area (Å²) in [7, 11) is 1.72. The SMILES string of the molecule is CN=C(NCCc1ccccc1F)NCc1ccc(N2CCOC(C)C2)nc1.I. The molecule has 2 aromatic rings. The zero-order valence-corrected chi connectivity index (χ0v) is 19.2. The Labute approximate surface area is 189 Å². The van der Waals surface area contributed by atoms with Gasteiger partial charge in [0.25, 0.3) is 0 Å². The smallest absolute Gasteiger partial charge is 0.191 e. The van der Waals surface area contributed by atoms with E-state index in [1.165, 1.54) is 6.07 Å². The second-order valence-electron chi connectivity index (χ2n) is 6.85. The van der Waals surface area contributed by atoms with E-state index in [2.05, 4.69) is 38.5 Å². The molecule has 29 heavy (non-hydrogen) atoms. The first kappa shape index (κ1) is 23.3. The van der Waals surface area contributed by atoms with Gasteiger partial charge in [-0.05, 0) is 36.6 Å². The number of hydrogen-bond acceptors (Lipinski definition) is 4. The highest BCUT2D eigenvalue weighted by molar-refractivity contribution is 14.0. The van der Waals surface area contributed by atoms with Gasteiger partial charge in [-0.25, -0.2) is 9.37 Å². The molecule has 1 aromatic heterocycles. The van der Waals surface area contributed by atoms with Crippen LogP contribution >= 0.6 is 24.0 Å². The van der Waals surface area contributed by atoms with E-state index in [1.807, 2.05) is 18.3 Å². The summed E-state index contributed by atoms with van der Waals surface area (Å²) in [5.74, 6) is 1.49. The Kier molecular flexibility index (Phi) is 9.59. The third-order valence-electron chi connectivity index (χ3n) is 4.70. The van der Waals surface area contributed by atoms with E-state index >= 15 is 0 Å². The van der Waals surface area contributed by atoms with Gasteiger partial charge in [0.05, 0.1) is 12.7 Å². The zero-order valence-electron chi connectivity index (χ0n) is 16.9. The Morgan fingerprint density at radius 3 is 2.79 bits per heavy atom. The number of anilines is 1. The van der Waals surface area contributed by atoms with Crippen LogP contribution < -0.4 is 15.5 Å². The van der Waals surface area contributed by atoms with Crippen molar-refractivity contribution in [1.29, 1.82) is 0 Å². The minimum absolute atomic E-state index is 0. The molecule has 0 radical (unpaired) electrons. The number of morpholine rings is 1. The van der Waals surface area contributed by atoms with E-state index in [1.54, 1.807) is 19.2 Å². The normalized spacial score (nSPS) is 16.9. The molecule has 0 amide bonds. The van der Waals surface area contributed by atoms with Crippen LogP contribution in [-0.2, 0) is 17.7 Å². The molecule has 2 heterocycles. The van der Waals surface area contributed by atoms with Crippen molar-refractivity contribution in [1.82, 2.24) is 15.6 Å². The molecule has 3 rings (SSSR count). The van der Waals surface area contributed by atoms with E-state index in [0.29, 0.717) is 31.0 Å². The van der Waals surface area contributed by atoms with Crippen molar-refractivity contribution in [3.05, 3.63) is 59.5 Å². The molecular formula is C21H29FIN5O. The van der Waals surface area contributed by atoms with E-state index in [4.69, 9.17) is 4.74 Å². The van der Waals surface area contributed by atoms with Crippen molar-refractivity contribution >= 4 is 35.8 Å². The molecule has 1 saturated heterocycles. The first-order valence-corrected chi connectivity index (χ1v) is 9.65. The van der Waals surface area contributed by atoms with Gasteiger partial charge in [0.15, 0.2) is 5.96 Å². The van der Waals surface area contributed by atoms with Crippen molar-refractivity contribution < 1.29 is 9.13 Å². The molecule has 2 N–H and O–H groups in total. The molecule has 0 bridgehead atoms. The molecule has 1 atom stereocenters. The summed E-state index contributed by atoms with van der Waals surface area (Å²) in [6.07, 6.45) is 2.71. The van der Waals surface area contributed by atoms with Crippen LogP contribution in [-0.4, -0.2) is 50.3 Å². The molecular weight excluding hydrogens is 484 g/mol. The maximum Gasteiger partial charge on any atom is 0.191 e. The molecule has 1 aromatic carbocycles. The number of guanidine groups is 1. The number of nitrogens with one attached hydrogen (secondary N) is 2. The number of ether oxygens (including phenoxy) is 1. The molecule has 6 nitrogen and oxygen atoms in total. The fourth-order valence-electron chi connectivity index (χ4n) is 3.16. The number of benzene rings is 1. The van der Waals surface area contributed by atoms with Crippen molar-refractivity contribution in [3.63, 3.8) is 0 Å². The fourth-order valence-corrected chi connectivity index (χ4v) is 3.16. The maximum atomic E-state index is 13.7. The summed E-state index contributed by atoms with van der Waals surface area (Å²) >= 11 is 0. The number of nitrogens with zero attached hydrogens (tertiary/aromatic N) is 3. The molecule has 0 spiro atoms. The van der Waals surface area contributed by atoms with Crippen LogP contribution in [0.4, 0.5) is 10.2 Å². The maximum absolute atomic E-state index is 13.7. The Hall–Kier alpha value is -1.94. The van der Waals surface area contributed by atoms with Gasteiger partial charge in [-0.1, -0.05) is 24.3 Å². The first-order valence-electron chi connectivity index (χ1n) is 9.65. The number of halogens is 2. The minimum Gasteiger partial charge on any atom is -0.375 e. The largest absolute Gasteiger partial charge is 0.375 e. The highest BCUT2D eigenvalue weighted by atomic mass is 127. The van der Waals surface area contributed by atoms with Crippen LogP contribution in [0.3, 0.4) is 0 Å². The zero-order chi connectivity index (χ0) is 19.8. The van der Waals surface area contributed by atoms with Crippen LogP contribution in [0.25, 0.3) is 0 Å². The molecule has 1 aliphatic heterocycles. The predicted octanol–water partition coefficient (Wildman–Crippen LogP) is 2.97. The van der Waals surface area contributed by atoms with E-state index in [-0.39, 0.29) is 35.9 Å². The first-order chi connectivity index (χ1) is 13.7. The Morgan fingerprint density at radius 2 is 2.10 bits per heavy atom. The van der Waals surface area contributed by atoms with E-state index in [9.17, 15) is 4.39 Å². The second kappa shape index (κ2) is 11.9. The van der Waals surface area contributed by atoms with Crippen molar-refractivity contribution in [2.75, 3.05) is 38.2 Å². The van der Waals surface area contributed by atoms with Gasteiger partial charge in [-0.15, -0.1) is 24.0 Å². The Morgan fingerprint density at radius 1 is 1.28 bits per heavy atom. The quantitative estimate of drug-likeness (QED) is 0.354. The fraction of sp³-hybridized carbons (Fsp3) is 0.429. The monoisotopic (exact) mass is 513 g/mol. The average Bonchev–Trinajstić information content (AvgIpc) is 2.72. The van der Waals surface area contributed by atoms with Gasteiger partial charge in [0.1, 0.15) is 11.6 Å². The van der Waals surface area contributed by atoms with Crippen molar-refractivity contribution in [2.24, 2.45) is 4.99 Å². The van der Waals surface area contributed by atoms with Crippen molar-refractivity contribution in [3.8, 4) is 0 Å². The van der Waals surface area contributed by atoms with E-state index in [0.717, 1.165) is 31.1 Å². The van der Waals surface area contributed by atoms with Gasteiger partial charge < -0.3 is 20.3 Å². The summed E-state index contributed by atoms with van der Waals surface area (Å²) in [5.41, 5.74) is 1.77. The second-order valence-corrected chi connectivity index (χ2v) is 6.85. The van der Waals surface area contributed by atoms with Crippen LogP contribution in [0, 0.1) is 5.82 Å². The molecule has 1 fully saturated rings. The molecule has 0 aliphatic carbocycles. The minimum atomic E-state index is -0.173. The van der Waals surface area contributed by atoms with Gasteiger partial charge in [0, 0.05) is 39.4 Å². The van der Waals surface area contributed by atoms with E-state index < -0.39 is 0 Å². The summed E-state index contributed by atoms with van der Waals surface area (Å²) in [4.78, 5) is 11.0. The van der Waals surface area contributed by atoms with Gasteiger partial charge in [-0.3, -0.25) is 4.99 Å². The van der Waals surface area contributed by atoms with Gasteiger partial charge in [-0.2, -0.15) is 0 Å². The van der Waals surface area contributed by atoms with Gasteiger partial charge >= 0.3 is 0 Å². The molecule has 1 unspecified atom stereocenters. The van der Waals surface area contributed by atoms with Crippen molar-refractivity contribution in [2.45, 2.75) is 26.0 Å². The lowest BCUT2D eigenvalue weighted by molar-refractivity contribution is 0.0529. The lowest BCUT2D eigenvalue weighted by Crippen LogP contribution is -2.41. The third kappa shape index (κ3) is 7.11. The van der Waals surface area contributed by atoms with Crippen LogP contribution in [0.1, 0.15) is 18.1 Å². The van der Waals surface area contributed by atoms with Crippen LogP contribution in [0.2, 0.25) is 0 Å². The molecule has 158 valence electrons. The molecule has 0 saturated carbocycles. The lowest BCUT2D eigenvalue weighted by atomic mass is 10.1. The summed E-state index contributed by atoms with van der Waals surface area (Å²) in [6, 6.07) is 10.9. The summed E-state index contributed by atoms with van der Waals surface area (Å²) < 4.78 is 19.2. The number of hydrogen-bond donors (Lipinski definition) is 2. The predicted molar refractivity (Wildman–Crippen MR) is 126 cm³/mol. The van der Waals surface area contributed by atoms with Crippen LogP contribution in [0.15, 0.2) is 47.6 Å². The number of pyridine rings is 1. The average molecular weight is 513 g/mol. The van der Waals surface area contributed by atoms with Crippen LogP contribution in [0.5, 0.6) is 0 Å². The third-order valence-corrected chi connectivity index (χ3v) is 4.70. The highest BCUT2D eigenvalue weighted by Gasteiger charge is 2.17. The summed E-state index contributed by atoms with van der Waals surface area (Å²) in [6.45, 7) is 5.77. The number of rotatable bonds is 6. The Balaban J connectivity index is 0.00000300. The number of aromatic nitrogens is 1. The van der Waals surface area contributed by atoms with Gasteiger partial charge in [0.2, 0.25) is 0 Å². The highest BCUT2D eigenvalue weighted by Crippen LogP contribution is 2.15. The standard InChI is InChI=1S/C21H28FN5O.HI/c1-16-15-27(11-12-28-16)20-8-7-17(13-25-20)14-26-21(23-2)24-10-9-18-5-3-4-6-19(18)22;/h3-8,13,16H,9-12,14-15H2,1-2H3,(H2,23,24,26);1H. The summed E-state index contributed by atoms with van der Waals surface area (Å²) in [5, 5.41) is 6.48. The molecule has 1 aliphatic rings. The number of aliphatic imine (C=N–C) groups is 1. The lowest BCUT2D eigenvalue weighted by Gasteiger charge is -2.32. The molecule has 8 heteroatoms. The topological polar surface area (TPSA) is 61.8 Å².